The molecular weight excluding hydrogens is 318 g/mol. The van der Waals surface area contributed by atoms with Gasteiger partial charge in [-0.3, -0.25) is 14.5 Å². The van der Waals surface area contributed by atoms with Gasteiger partial charge in [0.2, 0.25) is 5.91 Å². The van der Waals surface area contributed by atoms with Crippen molar-refractivity contribution in [3.8, 4) is 0 Å². The topological polar surface area (TPSA) is 69.7 Å². The Hall–Kier alpha value is -2.37. The van der Waals surface area contributed by atoms with Crippen LogP contribution in [0.15, 0.2) is 30.3 Å². The molecule has 0 aromatic heterocycles. The highest BCUT2D eigenvalue weighted by Crippen LogP contribution is 2.32. The summed E-state index contributed by atoms with van der Waals surface area (Å²) in [6.45, 7) is -0.224. The zero-order chi connectivity index (χ0) is 17.9. The maximum atomic E-state index is 12.9. The number of benzene rings is 1. The molecule has 0 bridgehead atoms. The van der Waals surface area contributed by atoms with Gasteiger partial charge in [0.15, 0.2) is 0 Å². The molecule has 1 saturated heterocycles. The summed E-state index contributed by atoms with van der Waals surface area (Å²) in [7, 11) is 1.65. The van der Waals surface area contributed by atoms with Gasteiger partial charge in [0, 0.05) is 12.7 Å². The minimum absolute atomic E-state index is 0.224. The summed E-state index contributed by atoms with van der Waals surface area (Å²) in [6.07, 6.45) is 6.53. The number of carbonyl (C=O) groups excluding carboxylic acids is 3. The first kappa shape index (κ1) is 17.5. The summed E-state index contributed by atoms with van der Waals surface area (Å²) in [4.78, 5) is 40.4. The van der Waals surface area contributed by atoms with Crippen LogP contribution in [-0.2, 0) is 9.59 Å². The summed E-state index contributed by atoms with van der Waals surface area (Å²) >= 11 is 0. The minimum Gasteiger partial charge on any atom is -0.323 e. The number of urea groups is 1. The van der Waals surface area contributed by atoms with Crippen molar-refractivity contribution in [3.63, 3.8) is 0 Å². The normalized spacial score (nSPS) is 20.1. The lowest BCUT2D eigenvalue weighted by molar-refractivity contribution is -0.134. The molecule has 1 aromatic rings. The molecule has 6 heteroatoms. The lowest BCUT2D eigenvalue weighted by atomic mass is 9.84. The van der Waals surface area contributed by atoms with E-state index in [1.165, 1.54) is 11.3 Å². The molecule has 6 nitrogen and oxygen atoms in total. The van der Waals surface area contributed by atoms with Gasteiger partial charge < -0.3 is 10.2 Å². The molecule has 1 N–H and O–H groups in total. The number of para-hydroxylation sites is 1. The van der Waals surface area contributed by atoms with E-state index in [1.54, 1.807) is 7.05 Å². The number of carbonyl (C=O) groups is 3. The van der Waals surface area contributed by atoms with Crippen LogP contribution < -0.4 is 10.2 Å². The van der Waals surface area contributed by atoms with Crippen molar-refractivity contribution in [2.45, 2.75) is 50.5 Å². The molecule has 1 aromatic carbocycles. The predicted octanol–water partition coefficient (Wildman–Crippen LogP) is 2.68. The Kier molecular flexibility index (Phi) is 5.06. The fraction of sp³-hybridized carbons (Fsp3) is 0.526. The van der Waals surface area contributed by atoms with Crippen molar-refractivity contribution in [2.24, 2.45) is 0 Å². The Morgan fingerprint density at radius 3 is 2.32 bits per heavy atom. The SMILES string of the molecule is CN(C(=O)CN1C(=O)NC2(CCCCCCC2)C1=O)c1ccccc1. The smallest absolute Gasteiger partial charge is 0.323 e. The van der Waals surface area contributed by atoms with E-state index in [4.69, 9.17) is 0 Å². The fourth-order valence-corrected chi connectivity index (χ4v) is 3.70. The maximum absolute atomic E-state index is 12.9. The average Bonchev–Trinajstić information content (AvgIpc) is 2.83. The van der Waals surface area contributed by atoms with Gasteiger partial charge in [-0.1, -0.05) is 50.3 Å². The van der Waals surface area contributed by atoms with E-state index < -0.39 is 11.6 Å². The summed E-state index contributed by atoms with van der Waals surface area (Å²) < 4.78 is 0. The van der Waals surface area contributed by atoms with Crippen LogP contribution in [0.4, 0.5) is 10.5 Å². The van der Waals surface area contributed by atoms with Gasteiger partial charge in [0.25, 0.3) is 5.91 Å². The highest BCUT2D eigenvalue weighted by molar-refractivity contribution is 6.10. The lowest BCUT2D eigenvalue weighted by Crippen LogP contribution is -2.48. The Labute approximate surface area is 148 Å². The van der Waals surface area contributed by atoms with E-state index in [9.17, 15) is 14.4 Å². The molecule has 3 rings (SSSR count). The van der Waals surface area contributed by atoms with E-state index in [2.05, 4.69) is 5.32 Å². The standard InChI is InChI=1S/C19H25N3O3/c1-21(15-10-6-5-7-11-15)16(23)14-22-17(24)19(20-18(22)25)12-8-3-2-4-9-13-19/h5-7,10-11H,2-4,8-9,12-14H2,1H3,(H,20,25). The van der Waals surface area contributed by atoms with Gasteiger partial charge in [-0.15, -0.1) is 0 Å². The highest BCUT2D eigenvalue weighted by Gasteiger charge is 2.50. The molecule has 1 aliphatic heterocycles. The second-order valence-corrected chi connectivity index (χ2v) is 6.96. The van der Waals surface area contributed by atoms with Gasteiger partial charge in [0.1, 0.15) is 12.1 Å². The zero-order valence-corrected chi connectivity index (χ0v) is 14.7. The Morgan fingerprint density at radius 1 is 1.08 bits per heavy atom. The predicted molar refractivity (Wildman–Crippen MR) is 95.1 cm³/mol. The molecule has 1 saturated carbocycles. The number of rotatable bonds is 3. The van der Waals surface area contributed by atoms with E-state index in [0.717, 1.165) is 36.3 Å². The third kappa shape index (κ3) is 3.52. The largest absolute Gasteiger partial charge is 0.325 e. The molecule has 0 unspecified atom stereocenters. The maximum Gasteiger partial charge on any atom is 0.325 e. The molecule has 4 amide bonds. The molecule has 0 atom stereocenters. The zero-order valence-electron chi connectivity index (χ0n) is 14.7. The summed E-state index contributed by atoms with van der Waals surface area (Å²) in [5, 5.41) is 2.89. The molecule has 2 fully saturated rings. The highest BCUT2D eigenvalue weighted by atomic mass is 16.2. The molecule has 1 heterocycles. The number of imide groups is 1. The summed E-state index contributed by atoms with van der Waals surface area (Å²) in [5.41, 5.74) is -0.0662. The van der Waals surface area contributed by atoms with Crippen molar-refractivity contribution in [3.05, 3.63) is 30.3 Å². The lowest BCUT2D eigenvalue weighted by Gasteiger charge is -2.28. The van der Waals surface area contributed by atoms with Gasteiger partial charge in [-0.25, -0.2) is 4.79 Å². The monoisotopic (exact) mass is 343 g/mol. The number of likely N-dealkylation sites (N-methyl/N-ethyl adjacent to an activating group) is 1. The van der Waals surface area contributed by atoms with Crippen molar-refractivity contribution in [1.29, 1.82) is 0 Å². The van der Waals surface area contributed by atoms with Crippen LogP contribution in [0.3, 0.4) is 0 Å². The quantitative estimate of drug-likeness (QED) is 0.858. The van der Waals surface area contributed by atoms with Gasteiger partial charge in [0.05, 0.1) is 0 Å². The van der Waals surface area contributed by atoms with Crippen molar-refractivity contribution in [1.82, 2.24) is 10.2 Å². The van der Waals surface area contributed by atoms with Crippen LogP contribution in [0, 0.1) is 0 Å². The first-order valence-corrected chi connectivity index (χ1v) is 8.99. The van der Waals surface area contributed by atoms with Gasteiger partial charge in [-0.2, -0.15) is 0 Å². The van der Waals surface area contributed by atoms with Crippen molar-refractivity contribution >= 4 is 23.5 Å². The molecule has 1 spiro atoms. The van der Waals surface area contributed by atoms with E-state index in [-0.39, 0.29) is 18.4 Å². The third-order valence-corrected chi connectivity index (χ3v) is 5.26. The van der Waals surface area contributed by atoms with Crippen LogP contribution in [0.2, 0.25) is 0 Å². The van der Waals surface area contributed by atoms with E-state index in [0.29, 0.717) is 12.8 Å². The number of amides is 4. The van der Waals surface area contributed by atoms with Gasteiger partial charge >= 0.3 is 6.03 Å². The van der Waals surface area contributed by atoms with Crippen molar-refractivity contribution in [2.75, 3.05) is 18.5 Å². The molecular formula is C19H25N3O3. The van der Waals surface area contributed by atoms with Crippen LogP contribution >= 0.6 is 0 Å². The molecule has 2 aliphatic rings. The molecule has 134 valence electrons. The van der Waals surface area contributed by atoms with Crippen molar-refractivity contribution < 1.29 is 14.4 Å². The first-order valence-electron chi connectivity index (χ1n) is 8.99. The first-order chi connectivity index (χ1) is 12.0. The molecule has 25 heavy (non-hydrogen) atoms. The summed E-state index contributed by atoms with van der Waals surface area (Å²) in [6, 6.07) is 8.75. The number of hydrogen-bond acceptors (Lipinski definition) is 3. The Balaban J connectivity index is 1.71. The number of hydrogen-bond donors (Lipinski definition) is 1. The number of nitrogens with zero attached hydrogens (tertiary/aromatic N) is 2. The molecule has 1 aliphatic carbocycles. The number of anilines is 1. The second kappa shape index (κ2) is 7.25. The Bertz CT molecular complexity index is 651. The van der Waals surface area contributed by atoms with Crippen LogP contribution in [0.25, 0.3) is 0 Å². The van der Waals surface area contributed by atoms with E-state index >= 15 is 0 Å². The number of nitrogens with one attached hydrogen (secondary N) is 1. The minimum atomic E-state index is -0.802. The second-order valence-electron chi connectivity index (χ2n) is 6.96. The van der Waals surface area contributed by atoms with Gasteiger partial charge in [-0.05, 0) is 25.0 Å². The van der Waals surface area contributed by atoms with Crippen LogP contribution in [0.1, 0.15) is 44.9 Å². The molecule has 0 radical (unpaired) electrons. The van der Waals surface area contributed by atoms with Crippen LogP contribution in [-0.4, -0.2) is 41.9 Å². The fourth-order valence-electron chi connectivity index (χ4n) is 3.70. The van der Waals surface area contributed by atoms with Crippen LogP contribution in [0.5, 0.6) is 0 Å². The summed E-state index contributed by atoms with van der Waals surface area (Å²) in [5.74, 6) is -0.521. The third-order valence-electron chi connectivity index (χ3n) is 5.26. The average molecular weight is 343 g/mol. The van der Waals surface area contributed by atoms with E-state index in [1.807, 2.05) is 30.3 Å². The Morgan fingerprint density at radius 2 is 1.68 bits per heavy atom.